The first-order valence-corrected chi connectivity index (χ1v) is 13.6. The summed E-state index contributed by atoms with van der Waals surface area (Å²) in [4.78, 5) is 2.65. The van der Waals surface area contributed by atoms with Crippen LogP contribution in [0.2, 0.25) is 0 Å². The van der Waals surface area contributed by atoms with Gasteiger partial charge in [-0.15, -0.1) is 0 Å². The Labute approximate surface area is 222 Å². The van der Waals surface area contributed by atoms with Gasteiger partial charge in [0.05, 0.1) is 0 Å². The Bertz CT molecular complexity index is 1760. The van der Waals surface area contributed by atoms with Gasteiger partial charge in [0.25, 0.3) is 0 Å². The summed E-state index contributed by atoms with van der Waals surface area (Å²) in [5.41, 5.74) is 10.2. The van der Waals surface area contributed by atoms with Crippen LogP contribution in [0.15, 0.2) is 144 Å². The lowest BCUT2D eigenvalue weighted by atomic mass is 9.71. The lowest BCUT2D eigenvalue weighted by Gasteiger charge is -2.32. The van der Waals surface area contributed by atoms with Crippen LogP contribution in [-0.2, 0) is 5.41 Å². The molecule has 0 aromatic heterocycles. The van der Waals surface area contributed by atoms with Crippen molar-refractivity contribution in [1.82, 2.24) is 0 Å². The summed E-state index contributed by atoms with van der Waals surface area (Å²) >= 11 is 1.89. The van der Waals surface area contributed by atoms with Crippen molar-refractivity contribution in [2.24, 2.45) is 0 Å². The van der Waals surface area contributed by atoms with Gasteiger partial charge in [-0.3, -0.25) is 0 Å². The molecule has 0 fully saturated rings. The van der Waals surface area contributed by atoms with E-state index < -0.39 is 0 Å². The minimum absolute atomic E-state index is 0.274. The van der Waals surface area contributed by atoms with Gasteiger partial charge in [-0.1, -0.05) is 134 Å². The molecule has 1 aliphatic heterocycles. The highest BCUT2D eigenvalue weighted by atomic mass is 32.2. The molecular weight excluding hydrogens is 464 g/mol. The quantitative estimate of drug-likeness (QED) is 0.222. The second-order valence-corrected chi connectivity index (χ2v) is 11.0. The molecule has 0 spiro atoms. The Morgan fingerprint density at radius 1 is 0.703 bits per heavy atom. The average molecular weight is 491 g/mol. The van der Waals surface area contributed by atoms with Crippen LogP contribution >= 0.6 is 11.8 Å². The van der Waals surface area contributed by atoms with Gasteiger partial charge in [0.15, 0.2) is 0 Å². The van der Waals surface area contributed by atoms with Gasteiger partial charge in [-0.25, -0.2) is 0 Å². The molecule has 1 unspecified atom stereocenters. The van der Waals surface area contributed by atoms with Crippen molar-refractivity contribution in [3.05, 3.63) is 156 Å². The molecular formula is C36H26S. The molecule has 176 valence electrons. The molecule has 5 aromatic carbocycles. The van der Waals surface area contributed by atoms with Gasteiger partial charge in [-0.05, 0) is 69.0 Å². The standard InChI is InChI=1S/C36H26S/c1-3-4-16-30-27-17-8-9-19-31(27)36(2,26-14-6-5-7-15-26)35(30)25-21-22-28-29-18-10-12-24-13-11-20-32(34(24)29)37-33(28)23-25/h3-23H,1H2,2H3/b16-4-. The molecule has 0 radical (unpaired) electrons. The fraction of sp³-hybridized carbons (Fsp3) is 0.0556. The highest BCUT2D eigenvalue weighted by Gasteiger charge is 2.42. The topological polar surface area (TPSA) is 0 Å². The van der Waals surface area contributed by atoms with Crippen molar-refractivity contribution in [3.8, 4) is 11.1 Å². The molecule has 0 amide bonds. The third-order valence-corrected chi connectivity index (χ3v) is 9.04. The normalized spacial score (nSPS) is 17.8. The van der Waals surface area contributed by atoms with Crippen molar-refractivity contribution in [2.75, 3.05) is 0 Å². The monoisotopic (exact) mass is 490 g/mol. The molecule has 1 atom stereocenters. The largest absolute Gasteiger partial charge is 0.0991 e. The summed E-state index contributed by atoms with van der Waals surface area (Å²) in [5.74, 6) is 0. The van der Waals surface area contributed by atoms with E-state index in [4.69, 9.17) is 0 Å². The zero-order valence-electron chi connectivity index (χ0n) is 20.7. The molecule has 1 aliphatic carbocycles. The van der Waals surface area contributed by atoms with E-state index in [1.165, 1.54) is 65.1 Å². The molecule has 0 nitrogen and oxygen atoms in total. The van der Waals surface area contributed by atoms with Gasteiger partial charge >= 0.3 is 0 Å². The number of hydrogen-bond acceptors (Lipinski definition) is 1. The average Bonchev–Trinajstić information content (AvgIpc) is 3.21. The third kappa shape index (κ3) is 3.24. The molecule has 0 saturated carbocycles. The molecule has 7 rings (SSSR count). The maximum atomic E-state index is 3.95. The van der Waals surface area contributed by atoms with E-state index in [0.29, 0.717) is 0 Å². The van der Waals surface area contributed by atoms with Crippen LogP contribution in [0.3, 0.4) is 0 Å². The van der Waals surface area contributed by atoms with Crippen molar-refractivity contribution < 1.29 is 0 Å². The predicted molar refractivity (Wildman–Crippen MR) is 159 cm³/mol. The van der Waals surface area contributed by atoms with Crippen LogP contribution in [0.4, 0.5) is 0 Å². The SMILES string of the molecule is C=C/C=C\C1=C(c2ccc3c(c2)Sc2cccc4cccc-3c24)C(C)(c2ccccc2)c2ccccc21. The smallest absolute Gasteiger partial charge is 0.0441 e. The maximum Gasteiger partial charge on any atom is 0.0441 e. The van der Waals surface area contributed by atoms with E-state index in [1.54, 1.807) is 0 Å². The first-order chi connectivity index (χ1) is 18.2. The predicted octanol–water partition coefficient (Wildman–Crippen LogP) is 9.94. The lowest BCUT2D eigenvalue weighted by molar-refractivity contribution is 0.758. The number of hydrogen-bond donors (Lipinski definition) is 0. The van der Waals surface area contributed by atoms with E-state index >= 15 is 0 Å². The van der Waals surface area contributed by atoms with E-state index in [1.807, 2.05) is 17.8 Å². The van der Waals surface area contributed by atoms with Crippen molar-refractivity contribution in [1.29, 1.82) is 0 Å². The Kier molecular flexibility index (Phi) is 5.09. The zero-order chi connectivity index (χ0) is 25.0. The Balaban J connectivity index is 1.50. The first kappa shape index (κ1) is 22.2. The summed E-state index contributed by atoms with van der Waals surface area (Å²) < 4.78 is 0. The second-order valence-electron chi connectivity index (χ2n) is 9.89. The number of allylic oxidation sites excluding steroid dienone is 5. The van der Waals surface area contributed by atoms with Crippen LogP contribution in [0.5, 0.6) is 0 Å². The molecule has 5 aromatic rings. The highest BCUT2D eigenvalue weighted by Crippen LogP contribution is 2.56. The number of fused-ring (bicyclic) bond motifs is 3. The van der Waals surface area contributed by atoms with Crippen molar-refractivity contribution in [3.63, 3.8) is 0 Å². The second kappa shape index (κ2) is 8.50. The van der Waals surface area contributed by atoms with Crippen LogP contribution in [-0.4, -0.2) is 0 Å². The fourth-order valence-electron chi connectivity index (χ4n) is 6.26. The van der Waals surface area contributed by atoms with Crippen LogP contribution in [0, 0.1) is 0 Å². The Hall–Kier alpha value is -4.07. The van der Waals surface area contributed by atoms with Crippen LogP contribution < -0.4 is 0 Å². The number of benzene rings is 5. The molecule has 1 heterocycles. The summed E-state index contributed by atoms with van der Waals surface area (Å²) in [6.45, 7) is 6.34. The maximum absolute atomic E-state index is 3.95. The van der Waals surface area contributed by atoms with E-state index in [0.717, 1.165) is 0 Å². The van der Waals surface area contributed by atoms with Gasteiger partial charge in [-0.2, -0.15) is 0 Å². The van der Waals surface area contributed by atoms with Gasteiger partial charge in [0.2, 0.25) is 0 Å². The number of rotatable bonds is 4. The summed E-state index contributed by atoms with van der Waals surface area (Å²) in [7, 11) is 0. The molecule has 37 heavy (non-hydrogen) atoms. The van der Waals surface area contributed by atoms with Crippen LogP contribution in [0.25, 0.3) is 33.0 Å². The van der Waals surface area contributed by atoms with Gasteiger partial charge in [0.1, 0.15) is 0 Å². The van der Waals surface area contributed by atoms with E-state index in [-0.39, 0.29) is 5.41 Å². The summed E-state index contributed by atoms with van der Waals surface area (Å²) in [5, 5.41) is 2.67. The van der Waals surface area contributed by atoms with E-state index in [2.05, 4.69) is 135 Å². The van der Waals surface area contributed by atoms with Gasteiger partial charge < -0.3 is 0 Å². The first-order valence-electron chi connectivity index (χ1n) is 12.7. The fourth-order valence-corrected chi connectivity index (χ4v) is 7.45. The lowest BCUT2D eigenvalue weighted by Crippen LogP contribution is -2.23. The molecule has 1 heteroatoms. The minimum Gasteiger partial charge on any atom is -0.0991 e. The van der Waals surface area contributed by atoms with Gasteiger partial charge in [0, 0.05) is 20.6 Å². The summed E-state index contributed by atoms with van der Waals surface area (Å²) in [6.07, 6.45) is 6.16. The third-order valence-electron chi connectivity index (χ3n) is 7.92. The summed E-state index contributed by atoms with van der Waals surface area (Å²) in [6, 6.07) is 40.2. The van der Waals surface area contributed by atoms with Crippen LogP contribution in [0.1, 0.15) is 29.2 Å². The Morgan fingerprint density at radius 3 is 2.30 bits per heavy atom. The highest BCUT2D eigenvalue weighted by molar-refractivity contribution is 7.99. The minimum atomic E-state index is -0.274. The molecule has 2 aliphatic rings. The molecule has 0 bridgehead atoms. The van der Waals surface area contributed by atoms with Crippen molar-refractivity contribution in [2.45, 2.75) is 22.1 Å². The molecule has 0 saturated heterocycles. The van der Waals surface area contributed by atoms with E-state index in [9.17, 15) is 0 Å². The van der Waals surface area contributed by atoms with Crippen molar-refractivity contribution >= 4 is 33.7 Å². The Morgan fingerprint density at radius 2 is 1.46 bits per heavy atom. The zero-order valence-corrected chi connectivity index (χ0v) is 21.6. The molecule has 0 N–H and O–H groups in total.